The van der Waals surface area contributed by atoms with E-state index in [1.54, 1.807) is 29.9 Å². The van der Waals surface area contributed by atoms with Gasteiger partial charge in [0, 0.05) is 44.6 Å². The fourth-order valence-electron chi connectivity index (χ4n) is 3.00. The lowest BCUT2D eigenvalue weighted by Gasteiger charge is -2.42. The van der Waals surface area contributed by atoms with E-state index in [1.165, 1.54) is 0 Å². The highest BCUT2D eigenvalue weighted by molar-refractivity contribution is 5.95. The number of carbonyl (C=O) groups excluding carboxylic acids is 1. The summed E-state index contributed by atoms with van der Waals surface area (Å²) >= 11 is 0. The molecule has 0 bridgehead atoms. The quantitative estimate of drug-likeness (QED) is 0.865. The van der Waals surface area contributed by atoms with Crippen molar-refractivity contribution in [3.63, 3.8) is 0 Å². The Morgan fingerprint density at radius 1 is 1.39 bits per heavy atom. The number of benzene rings is 1. The summed E-state index contributed by atoms with van der Waals surface area (Å²) in [4.78, 5) is 13.8. The average Bonchev–Trinajstić information content (AvgIpc) is 3.04. The zero-order chi connectivity index (χ0) is 16.4. The van der Waals surface area contributed by atoms with Crippen LogP contribution in [0.4, 0.5) is 0 Å². The van der Waals surface area contributed by atoms with Gasteiger partial charge in [-0.2, -0.15) is 5.10 Å². The number of aliphatic hydroxyl groups is 1. The van der Waals surface area contributed by atoms with Crippen molar-refractivity contribution in [3.8, 4) is 0 Å². The van der Waals surface area contributed by atoms with Crippen LogP contribution in [0.3, 0.4) is 0 Å². The third kappa shape index (κ3) is 3.13. The molecule has 122 valence electrons. The molecule has 6 heteroatoms. The number of aliphatic hydroxyl groups excluding tert-OH is 1. The fraction of sp³-hybridized carbons (Fsp3) is 0.412. The van der Waals surface area contributed by atoms with Crippen LogP contribution in [0.5, 0.6) is 0 Å². The number of hydrogen-bond donors (Lipinski definition) is 2. The molecule has 2 aromatic rings. The summed E-state index contributed by atoms with van der Waals surface area (Å²) in [6.07, 6.45) is 3.89. The lowest BCUT2D eigenvalue weighted by Crippen LogP contribution is -2.54. The van der Waals surface area contributed by atoms with Gasteiger partial charge in [-0.15, -0.1) is 0 Å². The molecule has 1 aliphatic carbocycles. The molecule has 1 saturated carbocycles. The minimum atomic E-state index is -0.383. The summed E-state index contributed by atoms with van der Waals surface area (Å²) in [6.45, 7) is 0.588. The summed E-state index contributed by atoms with van der Waals surface area (Å²) in [5.41, 5.74) is 1.67. The van der Waals surface area contributed by atoms with Crippen molar-refractivity contribution in [3.05, 3.63) is 53.9 Å². The molecule has 1 amide bonds. The standard InChI is InChI=1S/C17H22N4O2/c1-20(2)17(23)13-7-4-3-6-12(13)11-18-14-10-15(22)16(14)21-9-5-8-19-21/h3-9,14-16,18,22H,10-11H2,1-2H3/t14-,15+,16+/m0/s1. The molecule has 0 saturated heterocycles. The molecule has 1 aromatic heterocycles. The molecule has 0 radical (unpaired) electrons. The molecule has 1 heterocycles. The van der Waals surface area contributed by atoms with Crippen molar-refractivity contribution in [2.75, 3.05) is 14.1 Å². The summed E-state index contributed by atoms with van der Waals surface area (Å²) in [7, 11) is 3.51. The molecule has 0 spiro atoms. The molecule has 3 rings (SSSR count). The van der Waals surface area contributed by atoms with Crippen molar-refractivity contribution >= 4 is 5.91 Å². The third-order valence-electron chi connectivity index (χ3n) is 4.34. The van der Waals surface area contributed by atoms with Crippen LogP contribution in [0, 0.1) is 0 Å². The Morgan fingerprint density at radius 2 is 2.17 bits per heavy atom. The van der Waals surface area contributed by atoms with E-state index in [2.05, 4.69) is 10.4 Å². The van der Waals surface area contributed by atoms with Gasteiger partial charge in [0.25, 0.3) is 5.91 Å². The molecular formula is C17H22N4O2. The lowest BCUT2D eigenvalue weighted by molar-refractivity contribution is -0.00825. The lowest BCUT2D eigenvalue weighted by atomic mass is 9.83. The molecule has 0 aliphatic heterocycles. The molecule has 1 fully saturated rings. The van der Waals surface area contributed by atoms with Crippen LogP contribution in [0.1, 0.15) is 28.4 Å². The number of hydrogen-bond acceptors (Lipinski definition) is 4. The second-order valence-electron chi connectivity index (χ2n) is 6.12. The van der Waals surface area contributed by atoms with Crippen LogP contribution in [-0.4, -0.2) is 51.9 Å². The first kappa shape index (κ1) is 15.7. The van der Waals surface area contributed by atoms with Crippen molar-refractivity contribution in [1.29, 1.82) is 0 Å². The molecule has 0 unspecified atom stereocenters. The first-order valence-electron chi connectivity index (χ1n) is 7.78. The average molecular weight is 314 g/mol. The SMILES string of the molecule is CN(C)C(=O)c1ccccc1CN[C@H]1C[C@@H](O)[C@@H]1n1cccn1. The molecular weight excluding hydrogens is 292 g/mol. The van der Waals surface area contributed by atoms with Gasteiger partial charge in [-0.05, 0) is 24.1 Å². The Bertz CT molecular complexity index is 669. The highest BCUT2D eigenvalue weighted by Crippen LogP contribution is 2.32. The zero-order valence-corrected chi connectivity index (χ0v) is 13.4. The first-order valence-corrected chi connectivity index (χ1v) is 7.78. The van der Waals surface area contributed by atoms with Crippen molar-refractivity contribution in [1.82, 2.24) is 20.0 Å². The first-order chi connectivity index (χ1) is 11.1. The summed E-state index contributed by atoms with van der Waals surface area (Å²) in [5, 5.41) is 17.7. The van der Waals surface area contributed by atoms with Gasteiger partial charge in [0.2, 0.25) is 0 Å². The van der Waals surface area contributed by atoms with Gasteiger partial charge in [0.15, 0.2) is 0 Å². The van der Waals surface area contributed by atoms with Crippen molar-refractivity contribution < 1.29 is 9.90 Å². The minimum Gasteiger partial charge on any atom is -0.391 e. The van der Waals surface area contributed by atoms with E-state index < -0.39 is 0 Å². The Hall–Kier alpha value is -2.18. The Kier molecular flexibility index (Phi) is 4.45. The van der Waals surface area contributed by atoms with E-state index in [0.717, 1.165) is 5.56 Å². The Morgan fingerprint density at radius 3 is 2.83 bits per heavy atom. The molecule has 3 atom stereocenters. The van der Waals surface area contributed by atoms with Gasteiger partial charge in [0.1, 0.15) is 0 Å². The fourth-order valence-corrected chi connectivity index (χ4v) is 3.00. The molecule has 2 N–H and O–H groups in total. The molecule has 1 aliphatic rings. The van der Waals surface area contributed by atoms with Gasteiger partial charge in [-0.3, -0.25) is 9.48 Å². The number of amides is 1. The van der Waals surface area contributed by atoms with E-state index in [9.17, 15) is 9.90 Å². The van der Waals surface area contributed by atoms with Crippen molar-refractivity contribution in [2.45, 2.75) is 31.2 Å². The van der Waals surface area contributed by atoms with Crippen LogP contribution in [-0.2, 0) is 6.54 Å². The number of nitrogens with zero attached hydrogens (tertiary/aromatic N) is 3. The molecule has 23 heavy (non-hydrogen) atoms. The van der Waals surface area contributed by atoms with Crippen molar-refractivity contribution in [2.24, 2.45) is 0 Å². The number of aromatic nitrogens is 2. The second-order valence-corrected chi connectivity index (χ2v) is 6.12. The Labute approximate surface area is 135 Å². The van der Waals surface area contributed by atoms with Gasteiger partial charge in [-0.25, -0.2) is 0 Å². The van der Waals surface area contributed by atoms with Crippen LogP contribution in [0.2, 0.25) is 0 Å². The number of carbonyl (C=O) groups is 1. The number of rotatable bonds is 5. The molecule has 1 aromatic carbocycles. The largest absolute Gasteiger partial charge is 0.391 e. The highest BCUT2D eigenvalue weighted by Gasteiger charge is 2.41. The summed E-state index contributed by atoms with van der Waals surface area (Å²) in [6, 6.07) is 9.56. The predicted molar refractivity (Wildman–Crippen MR) is 87.0 cm³/mol. The molecule has 6 nitrogen and oxygen atoms in total. The van der Waals surface area contributed by atoms with Gasteiger partial charge >= 0.3 is 0 Å². The van der Waals surface area contributed by atoms with Crippen LogP contribution in [0.25, 0.3) is 0 Å². The minimum absolute atomic E-state index is 0.000305. The normalized spacial score (nSPS) is 23.3. The Balaban J connectivity index is 1.69. The van der Waals surface area contributed by atoms with E-state index in [4.69, 9.17) is 0 Å². The smallest absolute Gasteiger partial charge is 0.253 e. The maximum Gasteiger partial charge on any atom is 0.253 e. The van der Waals surface area contributed by atoms with Crippen LogP contribution >= 0.6 is 0 Å². The topological polar surface area (TPSA) is 70.4 Å². The highest BCUT2D eigenvalue weighted by atomic mass is 16.3. The van der Waals surface area contributed by atoms with Gasteiger partial charge in [0.05, 0.1) is 12.1 Å². The maximum atomic E-state index is 12.2. The van der Waals surface area contributed by atoms with E-state index in [1.807, 2.05) is 36.5 Å². The predicted octanol–water partition coefficient (Wildman–Crippen LogP) is 1.05. The monoisotopic (exact) mass is 314 g/mol. The summed E-state index contributed by atoms with van der Waals surface area (Å²) in [5.74, 6) is -0.000305. The van der Waals surface area contributed by atoms with E-state index in [0.29, 0.717) is 18.5 Å². The van der Waals surface area contributed by atoms with Gasteiger partial charge in [-0.1, -0.05) is 18.2 Å². The maximum absolute atomic E-state index is 12.2. The summed E-state index contributed by atoms with van der Waals surface area (Å²) < 4.78 is 1.79. The zero-order valence-electron chi connectivity index (χ0n) is 13.4. The van der Waals surface area contributed by atoms with E-state index >= 15 is 0 Å². The van der Waals surface area contributed by atoms with Crippen LogP contribution in [0.15, 0.2) is 42.7 Å². The van der Waals surface area contributed by atoms with Crippen LogP contribution < -0.4 is 5.32 Å². The van der Waals surface area contributed by atoms with Gasteiger partial charge < -0.3 is 15.3 Å². The second kappa shape index (κ2) is 6.52. The number of nitrogens with one attached hydrogen (secondary N) is 1. The van der Waals surface area contributed by atoms with E-state index in [-0.39, 0.29) is 24.1 Å². The third-order valence-corrected chi connectivity index (χ3v) is 4.34.